The number of amides is 1. The third-order valence-electron chi connectivity index (χ3n) is 4.57. The topological polar surface area (TPSA) is 69.0 Å². The van der Waals surface area contributed by atoms with Gasteiger partial charge in [0.15, 0.2) is 10.3 Å². The van der Waals surface area contributed by atoms with Crippen LogP contribution in [0.3, 0.4) is 0 Å². The molecule has 0 atom stereocenters. The zero-order chi connectivity index (χ0) is 20.9. The number of ether oxygens (including phenoxy) is 1. The molecule has 30 heavy (non-hydrogen) atoms. The second kappa shape index (κ2) is 9.42. The van der Waals surface area contributed by atoms with E-state index in [2.05, 4.69) is 38.9 Å². The molecule has 0 saturated heterocycles. The van der Waals surface area contributed by atoms with Gasteiger partial charge in [0.05, 0.1) is 29.1 Å². The van der Waals surface area contributed by atoms with E-state index in [1.807, 2.05) is 41.8 Å². The highest BCUT2D eigenvalue weighted by molar-refractivity contribution is 7.99. The lowest BCUT2D eigenvalue weighted by Gasteiger charge is -2.08. The molecular formula is C22H22N4O2S2. The Balaban J connectivity index is 1.41. The fraction of sp³-hybridized carbons (Fsp3) is 0.227. The molecule has 4 aromatic rings. The largest absolute Gasteiger partial charge is 0.383 e. The number of nitrogens with one attached hydrogen (secondary N) is 1. The molecule has 0 unspecified atom stereocenters. The standard InChI is InChI=1S/C22H22N4O2S2/c1-15-7-9-16(10-8-15)18-13-29-21(23-18)25-20(27)14-30-22-24-17-5-3-4-6-19(17)26(22)11-12-28-2/h3-10,13H,11-12,14H2,1-2H3,(H,23,25,27). The number of aryl methyl sites for hydroxylation is 1. The number of rotatable bonds is 8. The molecule has 1 N–H and O–H groups in total. The Morgan fingerprint density at radius 3 is 2.77 bits per heavy atom. The van der Waals surface area contributed by atoms with Crippen LogP contribution in [0.25, 0.3) is 22.3 Å². The van der Waals surface area contributed by atoms with E-state index >= 15 is 0 Å². The number of hydrogen-bond donors (Lipinski definition) is 1. The zero-order valence-electron chi connectivity index (χ0n) is 16.8. The zero-order valence-corrected chi connectivity index (χ0v) is 18.4. The third-order valence-corrected chi connectivity index (χ3v) is 6.30. The van der Waals surface area contributed by atoms with Crippen molar-refractivity contribution in [3.8, 4) is 11.3 Å². The lowest BCUT2D eigenvalue weighted by Crippen LogP contribution is -2.14. The lowest BCUT2D eigenvalue weighted by atomic mass is 10.1. The number of fused-ring (bicyclic) bond motifs is 1. The summed E-state index contributed by atoms with van der Waals surface area (Å²) in [6.07, 6.45) is 0. The van der Waals surface area contributed by atoms with E-state index in [1.54, 1.807) is 7.11 Å². The molecule has 154 valence electrons. The van der Waals surface area contributed by atoms with Crippen LogP contribution in [-0.2, 0) is 16.1 Å². The summed E-state index contributed by atoms with van der Waals surface area (Å²) in [4.78, 5) is 21.7. The fourth-order valence-corrected chi connectivity index (χ4v) is 4.61. The number of carbonyl (C=O) groups is 1. The van der Waals surface area contributed by atoms with Crippen molar-refractivity contribution in [3.05, 3.63) is 59.5 Å². The molecule has 0 spiro atoms. The molecule has 0 radical (unpaired) electrons. The van der Waals surface area contributed by atoms with Crippen LogP contribution in [0.5, 0.6) is 0 Å². The van der Waals surface area contributed by atoms with E-state index in [-0.39, 0.29) is 11.7 Å². The van der Waals surface area contributed by atoms with Crippen molar-refractivity contribution in [2.24, 2.45) is 0 Å². The maximum absolute atomic E-state index is 12.5. The highest BCUT2D eigenvalue weighted by Gasteiger charge is 2.14. The molecule has 0 bridgehead atoms. The highest BCUT2D eigenvalue weighted by Crippen LogP contribution is 2.27. The van der Waals surface area contributed by atoms with Gasteiger partial charge in [0, 0.05) is 24.6 Å². The van der Waals surface area contributed by atoms with Gasteiger partial charge in [-0.15, -0.1) is 11.3 Å². The number of benzene rings is 2. The Kier molecular flexibility index (Phi) is 6.47. The van der Waals surface area contributed by atoms with Crippen molar-refractivity contribution in [1.29, 1.82) is 0 Å². The number of aromatic nitrogens is 3. The third kappa shape index (κ3) is 4.72. The molecule has 0 aliphatic heterocycles. The molecule has 0 fully saturated rings. The molecule has 0 aliphatic carbocycles. The Morgan fingerprint density at radius 2 is 1.97 bits per heavy atom. The number of thiazole rings is 1. The monoisotopic (exact) mass is 438 g/mol. The van der Waals surface area contributed by atoms with Crippen molar-refractivity contribution >= 4 is 45.2 Å². The van der Waals surface area contributed by atoms with Gasteiger partial charge in [0.1, 0.15) is 0 Å². The normalized spacial score (nSPS) is 11.1. The molecule has 2 heterocycles. The first-order valence-electron chi connectivity index (χ1n) is 9.53. The number of imidazole rings is 1. The van der Waals surface area contributed by atoms with Crippen LogP contribution >= 0.6 is 23.1 Å². The van der Waals surface area contributed by atoms with Crippen LogP contribution in [0.1, 0.15) is 5.56 Å². The van der Waals surface area contributed by atoms with Crippen LogP contribution < -0.4 is 5.32 Å². The van der Waals surface area contributed by atoms with Gasteiger partial charge in [-0.3, -0.25) is 4.79 Å². The van der Waals surface area contributed by atoms with Crippen molar-refractivity contribution in [1.82, 2.24) is 14.5 Å². The predicted octanol–water partition coefficient (Wildman–Crippen LogP) is 4.85. The van der Waals surface area contributed by atoms with Gasteiger partial charge < -0.3 is 14.6 Å². The van der Waals surface area contributed by atoms with Crippen molar-refractivity contribution in [2.45, 2.75) is 18.6 Å². The number of anilines is 1. The van der Waals surface area contributed by atoms with Crippen molar-refractivity contribution < 1.29 is 9.53 Å². The predicted molar refractivity (Wildman–Crippen MR) is 123 cm³/mol. The number of thioether (sulfide) groups is 1. The van der Waals surface area contributed by atoms with Crippen LogP contribution in [0.15, 0.2) is 59.1 Å². The SMILES string of the molecule is COCCn1c(SCC(=O)Nc2nc(-c3ccc(C)cc3)cs2)nc2ccccc21. The summed E-state index contributed by atoms with van der Waals surface area (Å²) < 4.78 is 7.32. The average molecular weight is 439 g/mol. The van der Waals surface area contributed by atoms with E-state index in [1.165, 1.54) is 28.7 Å². The van der Waals surface area contributed by atoms with Gasteiger partial charge in [0.25, 0.3) is 0 Å². The first-order valence-corrected chi connectivity index (χ1v) is 11.4. The van der Waals surface area contributed by atoms with Gasteiger partial charge >= 0.3 is 0 Å². The van der Waals surface area contributed by atoms with Gasteiger partial charge in [-0.25, -0.2) is 9.97 Å². The Hall–Kier alpha value is -2.68. The number of hydrogen-bond acceptors (Lipinski definition) is 6. The van der Waals surface area contributed by atoms with E-state index in [4.69, 9.17) is 4.74 Å². The van der Waals surface area contributed by atoms with Crippen LogP contribution in [0, 0.1) is 6.92 Å². The number of methoxy groups -OCH3 is 1. The average Bonchev–Trinajstić information content (AvgIpc) is 3.35. The Morgan fingerprint density at radius 1 is 1.17 bits per heavy atom. The molecule has 8 heteroatoms. The quantitative estimate of drug-likeness (QED) is 0.399. The molecule has 0 saturated carbocycles. The van der Waals surface area contributed by atoms with Crippen molar-refractivity contribution in [3.63, 3.8) is 0 Å². The summed E-state index contributed by atoms with van der Waals surface area (Å²) in [5.74, 6) is 0.158. The Bertz CT molecular complexity index is 1150. The molecule has 2 aromatic carbocycles. The van der Waals surface area contributed by atoms with Crippen LogP contribution in [0.2, 0.25) is 0 Å². The minimum absolute atomic E-state index is 0.102. The first kappa shape index (κ1) is 20.6. The smallest absolute Gasteiger partial charge is 0.236 e. The second-order valence-electron chi connectivity index (χ2n) is 6.77. The first-order chi connectivity index (χ1) is 14.6. The Labute approximate surface area is 183 Å². The summed E-state index contributed by atoms with van der Waals surface area (Å²) >= 11 is 2.84. The molecule has 2 aromatic heterocycles. The van der Waals surface area contributed by atoms with E-state index in [0.717, 1.165) is 27.4 Å². The summed E-state index contributed by atoms with van der Waals surface area (Å²) in [6.45, 7) is 3.33. The van der Waals surface area contributed by atoms with Crippen molar-refractivity contribution in [2.75, 3.05) is 24.8 Å². The molecule has 6 nitrogen and oxygen atoms in total. The van der Waals surface area contributed by atoms with E-state index in [0.29, 0.717) is 18.3 Å². The van der Waals surface area contributed by atoms with Gasteiger partial charge in [-0.1, -0.05) is 53.7 Å². The van der Waals surface area contributed by atoms with Gasteiger partial charge in [0.2, 0.25) is 5.91 Å². The minimum atomic E-state index is -0.102. The summed E-state index contributed by atoms with van der Waals surface area (Å²) in [6, 6.07) is 16.1. The summed E-state index contributed by atoms with van der Waals surface area (Å²) in [5, 5.41) is 6.26. The molecule has 4 rings (SSSR count). The van der Waals surface area contributed by atoms with Gasteiger partial charge in [-0.2, -0.15) is 0 Å². The summed E-state index contributed by atoms with van der Waals surface area (Å²) in [7, 11) is 1.68. The molecular weight excluding hydrogens is 416 g/mol. The number of para-hydroxylation sites is 2. The maximum Gasteiger partial charge on any atom is 0.236 e. The van der Waals surface area contributed by atoms with E-state index in [9.17, 15) is 4.79 Å². The maximum atomic E-state index is 12.5. The lowest BCUT2D eigenvalue weighted by molar-refractivity contribution is -0.113. The molecule has 0 aliphatic rings. The number of nitrogens with zero attached hydrogens (tertiary/aromatic N) is 3. The second-order valence-corrected chi connectivity index (χ2v) is 8.57. The minimum Gasteiger partial charge on any atom is -0.383 e. The molecule has 1 amide bonds. The van der Waals surface area contributed by atoms with Crippen LogP contribution in [0.4, 0.5) is 5.13 Å². The number of carbonyl (C=O) groups excluding carboxylic acids is 1. The fourth-order valence-electron chi connectivity index (χ4n) is 3.04. The van der Waals surface area contributed by atoms with E-state index < -0.39 is 0 Å². The van der Waals surface area contributed by atoms with Gasteiger partial charge in [-0.05, 0) is 19.1 Å². The highest BCUT2D eigenvalue weighted by atomic mass is 32.2. The van der Waals surface area contributed by atoms with Crippen LogP contribution in [-0.4, -0.2) is 39.9 Å². The summed E-state index contributed by atoms with van der Waals surface area (Å²) in [5.41, 5.74) is 5.07.